The van der Waals surface area contributed by atoms with Crippen molar-refractivity contribution < 1.29 is 13.9 Å². The summed E-state index contributed by atoms with van der Waals surface area (Å²) in [7, 11) is 0. The van der Waals surface area contributed by atoms with Crippen molar-refractivity contribution in [1.82, 2.24) is 0 Å². The molecule has 0 aromatic heterocycles. The number of amides is 1. The van der Waals surface area contributed by atoms with Gasteiger partial charge in [0.15, 0.2) is 11.6 Å². The molecule has 3 nitrogen and oxygen atoms in total. The Balaban J connectivity index is 2.02. The Labute approximate surface area is 116 Å². The molecule has 1 N–H and O–H groups in total. The molecule has 0 spiro atoms. The van der Waals surface area contributed by atoms with Crippen molar-refractivity contribution in [3.63, 3.8) is 0 Å². The van der Waals surface area contributed by atoms with Gasteiger partial charge in [-0.3, -0.25) is 4.79 Å². The number of hydrogen-bond acceptors (Lipinski definition) is 2. The highest BCUT2D eigenvalue weighted by atomic mass is 19.1. The van der Waals surface area contributed by atoms with Crippen LogP contribution in [0, 0.1) is 5.82 Å². The molecule has 0 fully saturated rings. The molecule has 0 atom stereocenters. The SMILES string of the molecule is C=CC(=O)Nc1ccc(OCc2ccccc2)c(F)c1. The minimum Gasteiger partial charge on any atom is -0.486 e. The Morgan fingerprint density at radius 3 is 2.65 bits per heavy atom. The van der Waals surface area contributed by atoms with Crippen molar-refractivity contribution in [3.05, 3.63) is 72.6 Å². The molecule has 1 amide bonds. The Bertz CT molecular complexity index is 611. The lowest BCUT2D eigenvalue weighted by atomic mass is 10.2. The number of anilines is 1. The molecular formula is C16H14FNO2. The van der Waals surface area contributed by atoms with Crippen molar-refractivity contribution in [3.8, 4) is 5.75 Å². The average molecular weight is 271 g/mol. The third-order valence-electron chi connectivity index (χ3n) is 2.62. The van der Waals surface area contributed by atoms with E-state index in [1.54, 1.807) is 6.07 Å². The smallest absolute Gasteiger partial charge is 0.247 e. The normalized spacial score (nSPS) is 9.85. The lowest BCUT2D eigenvalue weighted by Crippen LogP contribution is -2.07. The summed E-state index contributed by atoms with van der Waals surface area (Å²) in [6.45, 7) is 3.62. The Kier molecular flexibility index (Phi) is 4.50. The predicted octanol–water partition coefficient (Wildman–Crippen LogP) is 3.53. The number of rotatable bonds is 5. The van der Waals surface area contributed by atoms with Crippen LogP contribution >= 0.6 is 0 Å². The molecule has 0 bridgehead atoms. The van der Waals surface area contributed by atoms with Gasteiger partial charge in [-0.1, -0.05) is 36.9 Å². The van der Waals surface area contributed by atoms with Gasteiger partial charge in [-0.25, -0.2) is 4.39 Å². The van der Waals surface area contributed by atoms with Gasteiger partial charge in [0.1, 0.15) is 6.61 Å². The maximum Gasteiger partial charge on any atom is 0.247 e. The monoisotopic (exact) mass is 271 g/mol. The van der Waals surface area contributed by atoms with Crippen LogP contribution in [0.15, 0.2) is 61.2 Å². The molecule has 0 radical (unpaired) electrons. The first kappa shape index (κ1) is 13.8. The molecular weight excluding hydrogens is 257 g/mol. The molecule has 0 aliphatic heterocycles. The van der Waals surface area contributed by atoms with Gasteiger partial charge in [-0.15, -0.1) is 0 Å². The number of carbonyl (C=O) groups is 1. The van der Waals surface area contributed by atoms with E-state index in [-0.39, 0.29) is 18.3 Å². The summed E-state index contributed by atoms with van der Waals surface area (Å²) in [5.41, 5.74) is 1.32. The lowest BCUT2D eigenvalue weighted by Gasteiger charge is -2.09. The van der Waals surface area contributed by atoms with Crippen LogP contribution in [-0.4, -0.2) is 5.91 Å². The number of carbonyl (C=O) groups excluding carboxylic acids is 1. The molecule has 2 aromatic carbocycles. The zero-order chi connectivity index (χ0) is 14.4. The van der Waals surface area contributed by atoms with Crippen molar-refractivity contribution in [2.45, 2.75) is 6.61 Å². The fraction of sp³-hybridized carbons (Fsp3) is 0.0625. The van der Waals surface area contributed by atoms with Crippen molar-refractivity contribution >= 4 is 11.6 Å². The maximum absolute atomic E-state index is 13.8. The molecule has 0 aliphatic rings. The van der Waals surface area contributed by atoms with E-state index in [0.717, 1.165) is 11.6 Å². The van der Waals surface area contributed by atoms with Gasteiger partial charge in [0, 0.05) is 11.8 Å². The molecule has 0 heterocycles. The van der Waals surface area contributed by atoms with E-state index in [9.17, 15) is 9.18 Å². The van der Waals surface area contributed by atoms with Crippen molar-refractivity contribution in [1.29, 1.82) is 0 Å². The van der Waals surface area contributed by atoms with E-state index in [1.807, 2.05) is 30.3 Å². The highest BCUT2D eigenvalue weighted by Gasteiger charge is 2.06. The van der Waals surface area contributed by atoms with Gasteiger partial charge in [0.2, 0.25) is 5.91 Å². The summed E-state index contributed by atoms with van der Waals surface area (Å²) in [5, 5.41) is 2.48. The van der Waals surface area contributed by atoms with Gasteiger partial charge >= 0.3 is 0 Å². The van der Waals surface area contributed by atoms with Crippen molar-refractivity contribution in [2.75, 3.05) is 5.32 Å². The molecule has 0 saturated heterocycles. The molecule has 2 rings (SSSR count). The predicted molar refractivity (Wildman–Crippen MR) is 76.0 cm³/mol. The zero-order valence-electron chi connectivity index (χ0n) is 10.8. The summed E-state index contributed by atoms with van der Waals surface area (Å²) in [6, 6.07) is 13.8. The van der Waals surface area contributed by atoms with Crippen LogP contribution in [-0.2, 0) is 11.4 Å². The summed E-state index contributed by atoms with van der Waals surface area (Å²) in [6.07, 6.45) is 1.12. The van der Waals surface area contributed by atoms with Gasteiger partial charge in [0.25, 0.3) is 0 Å². The molecule has 2 aromatic rings. The molecule has 0 saturated carbocycles. The summed E-state index contributed by atoms with van der Waals surface area (Å²) >= 11 is 0. The van der Waals surface area contributed by atoms with Crippen LogP contribution in [0.3, 0.4) is 0 Å². The van der Waals surface area contributed by atoms with Crippen molar-refractivity contribution in [2.24, 2.45) is 0 Å². The Morgan fingerprint density at radius 2 is 2.00 bits per heavy atom. The first-order chi connectivity index (χ1) is 9.69. The fourth-order valence-electron chi connectivity index (χ4n) is 1.62. The minimum atomic E-state index is -0.525. The first-order valence-electron chi connectivity index (χ1n) is 6.09. The van der Waals surface area contributed by atoms with Gasteiger partial charge in [0.05, 0.1) is 0 Å². The van der Waals surface area contributed by atoms with Gasteiger partial charge in [-0.2, -0.15) is 0 Å². The quantitative estimate of drug-likeness (QED) is 0.845. The average Bonchev–Trinajstić information content (AvgIpc) is 2.47. The van der Waals surface area contributed by atoms with Crippen LogP contribution in [0.1, 0.15) is 5.56 Å². The van der Waals surface area contributed by atoms with E-state index in [2.05, 4.69) is 11.9 Å². The van der Waals surface area contributed by atoms with E-state index >= 15 is 0 Å². The molecule has 0 aliphatic carbocycles. The Hall–Kier alpha value is -2.62. The van der Waals surface area contributed by atoms with E-state index < -0.39 is 5.82 Å². The lowest BCUT2D eigenvalue weighted by molar-refractivity contribution is -0.111. The summed E-state index contributed by atoms with van der Waals surface area (Å²) in [4.78, 5) is 11.1. The van der Waals surface area contributed by atoms with Crippen LogP contribution in [0.4, 0.5) is 10.1 Å². The largest absolute Gasteiger partial charge is 0.486 e. The zero-order valence-corrected chi connectivity index (χ0v) is 10.8. The second-order valence-corrected chi connectivity index (χ2v) is 4.11. The number of hydrogen-bond donors (Lipinski definition) is 1. The second-order valence-electron chi connectivity index (χ2n) is 4.11. The molecule has 102 valence electrons. The number of halogens is 1. The summed E-state index contributed by atoms with van der Waals surface area (Å²) in [5.74, 6) is -0.768. The third kappa shape index (κ3) is 3.68. The van der Waals surface area contributed by atoms with Crippen LogP contribution in [0.2, 0.25) is 0 Å². The standard InChI is InChI=1S/C16H14FNO2/c1-2-16(19)18-13-8-9-15(14(17)10-13)20-11-12-6-4-3-5-7-12/h2-10H,1,11H2,(H,18,19). The fourth-order valence-corrected chi connectivity index (χ4v) is 1.62. The third-order valence-corrected chi connectivity index (χ3v) is 2.62. The van der Waals surface area contributed by atoms with E-state index in [0.29, 0.717) is 5.69 Å². The van der Waals surface area contributed by atoms with Crippen LogP contribution < -0.4 is 10.1 Å². The van der Waals surface area contributed by atoms with E-state index in [1.165, 1.54) is 12.1 Å². The van der Waals surface area contributed by atoms with Crippen LogP contribution in [0.5, 0.6) is 5.75 Å². The van der Waals surface area contributed by atoms with Crippen LogP contribution in [0.25, 0.3) is 0 Å². The number of benzene rings is 2. The second kappa shape index (κ2) is 6.52. The maximum atomic E-state index is 13.8. The minimum absolute atomic E-state index is 0.144. The molecule has 20 heavy (non-hydrogen) atoms. The highest BCUT2D eigenvalue weighted by Crippen LogP contribution is 2.22. The number of nitrogens with one attached hydrogen (secondary N) is 1. The van der Waals surface area contributed by atoms with E-state index in [4.69, 9.17) is 4.74 Å². The topological polar surface area (TPSA) is 38.3 Å². The van der Waals surface area contributed by atoms with Gasteiger partial charge in [-0.05, 0) is 23.8 Å². The Morgan fingerprint density at radius 1 is 1.25 bits per heavy atom. The summed E-state index contributed by atoms with van der Waals surface area (Å²) < 4.78 is 19.2. The molecule has 4 heteroatoms. The first-order valence-corrected chi connectivity index (χ1v) is 6.09. The number of ether oxygens (including phenoxy) is 1. The highest BCUT2D eigenvalue weighted by molar-refractivity contribution is 5.98. The van der Waals surface area contributed by atoms with Gasteiger partial charge < -0.3 is 10.1 Å². The molecule has 0 unspecified atom stereocenters.